The highest BCUT2D eigenvalue weighted by Gasteiger charge is 2.27. The molecular formula is C21H20ClNO6. The molecule has 2 heterocycles. The predicted molar refractivity (Wildman–Crippen MR) is 107 cm³/mol. The number of fused-ring (bicyclic) bond motifs is 1. The Kier molecular flexibility index (Phi) is 6.08. The Bertz CT molecular complexity index is 1100. The average Bonchev–Trinajstić information content (AvgIpc) is 3.19. The van der Waals surface area contributed by atoms with Gasteiger partial charge in [0.2, 0.25) is 0 Å². The van der Waals surface area contributed by atoms with Crippen LogP contribution in [-0.4, -0.2) is 17.9 Å². The summed E-state index contributed by atoms with van der Waals surface area (Å²) < 4.78 is 15.6. The number of hydrogen-bond donors (Lipinski definition) is 1. The van der Waals surface area contributed by atoms with E-state index < -0.39 is 23.5 Å². The lowest BCUT2D eigenvalue weighted by Gasteiger charge is -2.20. The lowest BCUT2D eigenvalue weighted by molar-refractivity contribution is -0.148. The molecule has 1 amide bonds. The van der Waals surface area contributed by atoms with Crippen molar-refractivity contribution in [2.24, 2.45) is 5.92 Å². The molecule has 7 nitrogen and oxygen atoms in total. The molecule has 0 bridgehead atoms. The molecule has 2 aromatic heterocycles. The van der Waals surface area contributed by atoms with E-state index in [0.29, 0.717) is 21.6 Å². The second-order valence-electron chi connectivity index (χ2n) is 6.97. The Morgan fingerprint density at radius 3 is 2.66 bits per heavy atom. The van der Waals surface area contributed by atoms with E-state index in [1.54, 1.807) is 39.0 Å². The molecular weight excluding hydrogens is 398 g/mol. The van der Waals surface area contributed by atoms with Gasteiger partial charge in [-0.25, -0.2) is 9.59 Å². The van der Waals surface area contributed by atoms with Gasteiger partial charge in [0.25, 0.3) is 5.91 Å². The third-order valence-electron chi connectivity index (χ3n) is 4.43. The van der Waals surface area contributed by atoms with E-state index in [2.05, 4.69) is 5.32 Å². The smallest absolute Gasteiger partial charge is 0.336 e. The van der Waals surface area contributed by atoms with Crippen molar-refractivity contribution in [1.29, 1.82) is 0 Å². The first kappa shape index (κ1) is 20.7. The van der Waals surface area contributed by atoms with Crippen LogP contribution in [0.3, 0.4) is 0 Å². The van der Waals surface area contributed by atoms with E-state index in [9.17, 15) is 14.4 Å². The first-order chi connectivity index (χ1) is 13.8. The summed E-state index contributed by atoms with van der Waals surface area (Å²) in [7, 11) is 0. The number of esters is 1. The molecule has 0 saturated carbocycles. The molecule has 152 valence electrons. The van der Waals surface area contributed by atoms with E-state index in [1.807, 2.05) is 0 Å². The van der Waals surface area contributed by atoms with Crippen LogP contribution in [0.5, 0.6) is 0 Å². The molecule has 3 rings (SSSR count). The maximum Gasteiger partial charge on any atom is 0.336 e. The normalized spacial score (nSPS) is 12.2. The molecule has 0 spiro atoms. The quantitative estimate of drug-likeness (QED) is 0.483. The van der Waals surface area contributed by atoms with Gasteiger partial charge in [0.05, 0.1) is 6.26 Å². The van der Waals surface area contributed by atoms with Crippen molar-refractivity contribution >= 4 is 34.4 Å². The number of benzene rings is 1. The van der Waals surface area contributed by atoms with Gasteiger partial charge in [-0.15, -0.1) is 0 Å². The third-order valence-corrected chi connectivity index (χ3v) is 4.84. The van der Waals surface area contributed by atoms with Crippen LogP contribution in [0, 0.1) is 12.8 Å². The average molecular weight is 418 g/mol. The molecule has 0 fully saturated rings. The van der Waals surface area contributed by atoms with Gasteiger partial charge in [-0.3, -0.25) is 4.79 Å². The van der Waals surface area contributed by atoms with Crippen molar-refractivity contribution in [3.63, 3.8) is 0 Å². The van der Waals surface area contributed by atoms with Crippen molar-refractivity contribution in [3.8, 4) is 0 Å². The zero-order valence-electron chi connectivity index (χ0n) is 16.2. The monoisotopic (exact) mass is 417 g/mol. The van der Waals surface area contributed by atoms with Crippen molar-refractivity contribution in [2.75, 3.05) is 0 Å². The molecule has 1 N–H and O–H groups in total. The summed E-state index contributed by atoms with van der Waals surface area (Å²) in [6.45, 7) is 5.19. The first-order valence-electron chi connectivity index (χ1n) is 9.00. The number of ether oxygens (including phenoxy) is 1. The summed E-state index contributed by atoms with van der Waals surface area (Å²) >= 11 is 6.18. The second kappa shape index (κ2) is 8.53. The van der Waals surface area contributed by atoms with Crippen LogP contribution in [0.2, 0.25) is 5.02 Å². The van der Waals surface area contributed by atoms with Gasteiger partial charge >= 0.3 is 11.6 Å². The number of hydrogen-bond acceptors (Lipinski definition) is 6. The Morgan fingerprint density at radius 1 is 1.24 bits per heavy atom. The van der Waals surface area contributed by atoms with E-state index in [-0.39, 0.29) is 18.3 Å². The second-order valence-corrected chi connectivity index (χ2v) is 7.38. The standard InChI is InChI=1S/C21H20ClNO6/c1-11(2)19(23-20(25)16-5-4-6-27-16)21(26)28-10-13-8-18(24)29-17-7-12(3)15(22)9-14(13)17/h4-9,11,19H,10H2,1-3H3,(H,23,25)/t19-/m0/s1. The topological polar surface area (TPSA) is 98.7 Å². The van der Waals surface area contributed by atoms with E-state index in [1.165, 1.54) is 18.4 Å². The highest BCUT2D eigenvalue weighted by molar-refractivity contribution is 6.32. The Hall–Kier alpha value is -3.06. The Labute approximate surface area is 171 Å². The van der Waals surface area contributed by atoms with Crippen molar-refractivity contribution in [3.05, 3.63) is 68.9 Å². The first-order valence-corrected chi connectivity index (χ1v) is 9.38. The predicted octanol–water partition coefficient (Wildman–Crippen LogP) is 3.85. The number of nitrogens with one attached hydrogen (secondary N) is 1. The molecule has 0 aliphatic heterocycles. The van der Waals surface area contributed by atoms with Crippen molar-refractivity contribution < 1.29 is 23.2 Å². The van der Waals surface area contributed by atoms with Gasteiger partial charge < -0.3 is 18.9 Å². The number of carbonyl (C=O) groups excluding carboxylic acids is 2. The summed E-state index contributed by atoms with van der Waals surface area (Å²) in [6.07, 6.45) is 1.37. The summed E-state index contributed by atoms with van der Waals surface area (Å²) in [5.74, 6) is -1.27. The van der Waals surface area contributed by atoms with Gasteiger partial charge in [-0.2, -0.15) is 0 Å². The van der Waals surface area contributed by atoms with E-state index in [4.69, 9.17) is 25.2 Å². The van der Waals surface area contributed by atoms with Gasteiger partial charge in [0.1, 0.15) is 18.2 Å². The molecule has 0 unspecified atom stereocenters. The zero-order chi connectivity index (χ0) is 21.1. The van der Waals surface area contributed by atoms with Crippen molar-refractivity contribution in [1.82, 2.24) is 5.32 Å². The number of carbonyl (C=O) groups is 2. The number of halogens is 1. The van der Waals surface area contributed by atoms with Crippen LogP contribution in [0.15, 0.2) is 50.2 Å². The van der Waals surface area contributed by atoms with Crippen LogP contribution >= 0.6 is 11.6 Å². The Morgan fingerprint density at radius 2 is 2.00 bits per heavy atom. The van der Waals surface area contributed by atoms with Gasteiger partial charge in [-0.05, 0) is 42.7 Å². The molecule has 1 atom stereocenters. The fraction of sp³-hybridized carbons (Fsp3) is 0.286. The molecule has 0 aliphatic rings. The SMILES string of the molecule is Cc1cc2oc(=O)cc(COC(=O)[C@@H](NC(=O)c3ccco3)C(C)C)c2cc1Cl. The third kappa shape index (κ3) is 4.68. The van der Waals surface area contributed by atoms with E-state index in [0.717, 1.165) is 5.56 Å². The van der Waals surface area contributed by atoms with Gasteiger partial charge in [0, 0.05) is 22.0 Å². The van der Waals surface area contributed by atoms with Gasteiger partial charge in [-0.1, -0.05) is 25.4 Å². The number of aryl methyl sites for hydroxylation is 1. The largest absolute Gasteiger partial charge is 0.459 e. The molecule has 8 heteroatoms. The maximum absolute atomic E-state index is 12.6. The van der Waals surface area contributed by atoms with Crippen LogP contribution in [-0.2, 0) is 16.1 Å². The van der Waals surface area contributed by atoms with Gasteiger partial charge in [0.15, 0.2) is 5.76 Å². The molecule has 1 aromatic carbocycles. The minimum Gasteiger partial charge on any atom is -0.459 e. The molecule has 0 aliphatic carbocycles. The summed E-state index contributed by atoms with van der Waals surface area (Å²) in [6, 6.07) is 6.77. The molecule has 0 saturated heterocycles. The van der Waals surface area contributed by atoms with E-state index >= 15 is 0 Å². The van der Waals surface area contributed by atoms with Crippen LogP contribution in [0.25, 0.3) is 11.0 Å². The highest BCUT2D eigenvalue weighted by atomic mass is 35.5. The summed E-state index contributed by atoms with van der Waals surface area (Å²) in [5, 5.41) is 3.69. The highest BCUT2D eigenvalue weighted by Crippen LogP contribution is 2.25. The lowest BCUT2D eigenvalue weighted by Crippen LogP contribution is -2.45. The zero-order valence-corrected chi connectivity index (χ0v) is 16.9. The minimum absolute atomic E-state index is 0.0973. The molecule has 3 aromatic rings. The van der Waals surface area contributed by atoms with Crippen LogP contribution in [0.1, 0.15) is 35.5 Å². The fourth-order valence-corrected chi connectivity index (χ4v) is 2.99. The van der Waals surface area contributed by atoms with Crippen molar-refractivity contribution in [2.45, 2.75) is 33.4 Å². The number of furan rings is 1. The minimum atomic E-state index is -0.884. The van der Waals surface area contributed by atoms with Crippen LogP contribution in [0.4, 0.5) is 0 Å². The Balaban J connectivity index is 1.78. The molecule has 0 radical (unpaired) electrons. The number of rotatable bonds is 6. The lowest BCUT2D eigenvalue weighted by atomic mass is 10.0. The van der Waals surface area contributed by atoms with Crippen LogP contribution < -0.4 is 10.9 Å². The fourth-order valence-electron chi connectivity index (χ4n) is 2.82. The molecule has 29 heavy (non-hydrogen) atoms. The summed E-state index contributed by atoms with van der Waals surface area (Å²) in [5.41, 5.74) is 1.03. The number of amides is 1. The summed E-state index contributed by atoms with van der Waals surface area (Å²) in [4.78, 5) is 36.7. The maximum atomic E-state index is 12.6.